The Morgan fingerprint density at radius 1 is 1.28 bits per heavy atom. The van der Waals surface area contributed by atoms with Crippen molar-refractivity contribution in [1.29, 1.82) is 0 Å². The first-order chi connectivity index (χ1) is 13.8. The van der Waals surface area contributed by atoms with E-state index < -0.39 is 17.2 Å². The molecule has 0 bridgehead atoms. The van der Waals surface area contributed by atoms with Crippen LogP contribution < -0.4 is 21.5 Å². The molecule has 1 saturated heterocycles. The molecule has 10 nitrogen and oxygen atoms in total. The van der Waals surface area contributed by atoms with Crippen molar-refractivity contribution in [2.75, 3.05) is 31.2 Å². The quantitative estimate of drug-likeness (QED) is 0.667. The number of H-pyrrole nitrogens is 2. The molecule has 0 saturated carbocycles. The van der Waals surface area contributed by atoms with Crippen molar-refractivity contribution >= 4 is 11.9 Å². The minimum Gasteiger partial charge on any atom is -0.378 e. The average molecular weight is 400 g/mol. The molecule has 2 aromatic heterocycles. The molecule has 1 atom stereocenters. The number of ether oxygens (including phenoxy) is 1. The molecule has 2 aromatic rings. The molecule has 1 fully saturated rings. The van der Waals surface area contributed by atoms with E-state index in [0.717, 1.165) is 36.8 Å². The first-order valence-electron chi connectivity index (χ1n) is 9.64. The summed E-state index contributed by atoms with van der Waals surface area (Å²) in [6, 6.07) is 0.756. The molecule has 4 rings (SSSR count). The van der Waals surface area contributed by atoms with Crippen molar-refractivity contribution in [2.24, 2.45) is 5.41 Å². The number of amides is 1. The highest BCUT2D eigenvalue weighted by atomic mass is 16.5. The van der Waals surface area contributed by atoms with Crippen molar-refractivity contribution in [3.05, 3.63) is 50.1 Å². The number of hydrogen-bond donors (Lipinski definition) is 3. The molecule has 1 amide bonds. The molecule has 2 aliphatic rings. The van der Waals surface area contributed by atoms with Gasteiger partial charge in [0.05, 0.1) is 24.9 Å². The number of nitrogens with one attached hydrogen (secondary N) is 3. The van der Waals surface area contributed by atoms with E-state index in [1.807, 2.05) is 0 Å². The van der Waals surface area contributed by atoms with Crippen LogP contribution in [-0.2, 0) is 11.2 Å². The van der Waals surface area contributed by atoms with Crippen molar-refractivity contribution in [2.45, 2.75) is 32.7 Å². The fraction of sp³-hybridized carbons (Fsp3) is 0.526. The van der Waals surface area contributed by atoms with Crippen LogP contribution in [0.1, 0.15) is 48.1 Å². The van der Waals surface area contributed by atoms with E-state index >= 15 is 0 Å². The lowest BCUT2D eigenvalue weighted by molar-refractivity contribution is 0.0913. The van der Waals surface area contributed by atoms with Gasteiger partial charge >= 0.3 is 5.69 Å². The third-order valence-corrected chi connectivity index (χ3v) is 5.27. The number of carbonyl (C=O) groups excluding carboxylic acids is 1. The van der Waals surface area contributed by atoms with Gasteiger partial charge in [-0.3, -0.25) is 14.6 Å². The molecule has 29 heavy (non-hydrogen) atoms. The molecule has 0 spiro atoms. The van der Waals surface area contributed by atoms with Crippen LogP contribution >= 0.6 is 0 Å². The number of aromatic nitrogens is 4. The highest BCUT2D eigenvalue weighted by Gasteiger charge is 2.35. The lowest BCUT2D eigenvalue weighted by Gasteiger charge is -2.37. The molecule has 154 valence electrons. The van der Waals surface area contributed by atoms with Crippen LogP contribution in [0.2, 0.25) is 0 Å². The summed E-state index contributed by atoms with van der Waals surface area (Å²) >= 11 is 0. The zero-order valence-electron chi connectivity index (χ0n) is 16.4. The third kappa shape index (κ3) is 4.21. The number of nitrogens with zero attached hydrogens (tertiary/aromatic N) is 3. The Kier molecular flexibility index (Phi) is 4.95. The Hall–Kier alpha value is -3.01. The predicted molar refractivity (Wildman–Crippen MR) is 105 cm³/mol. The monoisotopic (exact) mass is 400 g/mol. The molecule has 1 aliphatic carbocycles. The first kappa shape index (κ1) is 19.3. The van der Waals surface area contributed by atoms with Crippen LogP contribution in [0.15, 0.2) is 21.9 Å². The zero-order valence-corrected chi connectivity index (χ0v) is 16.4. The van der Waals surface area contributed by atoms with E-state index in [1.54, 1.807) is 6.20 Å². The summed E-state index contributed by atoms with van der Waals surface area (Å²) in [6.07, 6.45) is 3.24. The summed E-state index contributed by atoms with van der Waals surface area (Å²) in [5, 5.41) is 2.92. The molecule has 0 aromatic carbocycles. The zero-order chi connectivity index (χ0) is 20.6. The van der Waals surface area contributed by atoms with Crippen LogP contribution in [0.4, 0.5) is 5.95 Å². The maximum Gasteiger partial charge on any atom is 0.326 e. The average Bonchev–Trinajstić information content (AvgIpc) is 2.66. The van der Waals surface area contributed by atoms with Gasteiger partial charge in [-0.15, -0.1) is 0 Å². The van der Waals surface area contributed by atoms with Gasteiger partial charge in [0.25, 0.3) is 11.5 Å². The fourth-order valence-corrected chi connectivity index (χ4v) is 3.91. The van der Waals surface area contributed by atoms with Gasteiger partial charge in [-0.1, -0.05) is 13.8 Å². The fourth-order valence-electron chi connectivity index (χ4n) is 3.91. The predicted octanol–water partition coefficient (Wildman–Crippen LogP) is 0.133. The second-order valence-corrected chi connectivity index (χ2v) is 8.24. The highest BCUT2D eigenvalue weighted by molar-refractivity contribution is 5.92. The van der Waals surface area contributed by atoms with Crippen LogP contribution in [-0.4, -0.2) is 52.1 Å². The third-order valence-electron chi connectivity index (χ3n) is 5.27. The minimum atomic E-state index is -0.717. The standard InChI is InChI=1S/C19H24N6O4/c1-19(2)8-13(21-16(27)12-7-15(26)24-18(28)23-12)11-10-20-17(22-14(11)9-19)25-3-5-29-6-4-25/h7,10,13H,3-6,8-9H2,1-2H3,(H,21,27)(H2,23,24,26,28). The Balaban J connectivity index is 1.62. The minimum absolute atomic E-state index is 0.0745. The highest BCUT2D eigenvalue weighted by Crippen LogP contribution is 2.40. The van der Waals surface area contributed by atoms with E-state index in [-0.39, 0.29) is 17.2 Å². The molecule has 1 aliphatic heterocycles. The second-order valence-electron chi connectivity index (χ2n) is 8.24. The van der Waals surface area contributed by atoms with Crippen molar-refractivity contribution in [3.8, 4) is 0 Å². The van der Waals surface area contributed by atoms with Crippen LogP contribution in [0.3, 0.4) is 0 Å². The van der Waals surface area contributed by atoms with Gasteiger partial charge < -0.3 is 19.9 Å². The summed E-state index contributed by atoms with van der Waals surface area (Å²) in [4.78, 5) is 51.5. The Bertz CT molecular complexity index is 1010. The number of hydrogen-bond acceptors (Lipinski definition) is 7. The molecule has 1 unspecified atom stereocenters. The van der Waals surface area contributed by atoms with Gasteiger partial charge in [0.1, 0.15) is 5.69 Å². The second kappa shape index (κ2) is 7.43. The summed E-state index contributed by atoms with van der Waals surface area (Å²) in [7, 11) is 0. The van der Waals surface area contributed by atoms with E-state index in [1.165, 1.54) is 0 Å². The topological polar surface area (TPSA) is 133 Å². The summed E-state index contributed by atoms with van der Waals surface area (Å²) < 4.78 is 5.39. The van der Waals surface area contributed by atoms with Crippen molar-refractivity contribution in [3.63, 3.8) is 0 Å². The van der Waals surface area contributed by atoms with Gasteiger partial charge in [-0.05, 0) is 18.3 Å². The van der Waals surface area contributed by atoms with E-state index in [9.17, 15) is 14.4 Å². The van der Waals surface area contributed by atoms with Gasteiger partial charge in [0.2, 0.25) is 5.95 Å². The smallest absolute Gasteiger partial charge is 0.326 e. The molecule has 0 radical (unpaired) electrons. The van der Waals surface area contributed by atoms with Crippen LogP contribution in [0, 0.1) is 5.41 Å². The summed E-state index contributed by atoms with van der Waals surface area (Å²) in [5.41, 5.74) is 0.273. The Morgan fingerprint density at radius 2 is 2.03 bits per heavy atom. The van der Waals surface area contributed by atoms with E-state index in [2.05, 4.69) is 39.0 Å². The summed E-state index contributed by atoms with van der Waals surface area (Å²) in [6.45, 7) is 7.05. The maximum absolute atomic E-state index is 12.7. The largest absolute Gasteiger partial charge is 0.378 e. The Labute approximate surface area is 166 Å². The maximum atomic E-state index is 12.7. The number of carbonyl (C=O) groups is 1. The molecule has 10 heteroatoms. The molecule has 3 heterocycles. The first-order valence-corrected chi connectivity index (χ1v) is 9.64. The van der Waals surface area contributed by atoms with E-state index in [0.29, 0.717) is 25.6 Å². The number of morpholine rings is 1. The number of anilines is 1. The van der Waals surface area contributed by atoms with Crippen LogP contribution in [0.5, 0.6) is 0 Å². The number of aromatic amines is 2. The van der Waals surface area contributed by atoms with Gasteiger partial charge in [0.15, 0.2) is 0 Å². The molecular formula is C19H24N6O4. The molecule has 3 N–H and O–H groups in total. The van der Waals surface area contributed by atoms with E-state index in [4.69, 9.17) is 9.72 Å². The summed E-state index contributed by atoms with van der Waals surface area (Å²) in [5.74, 6) is 0.160. The normalized spacial score (nSPS) is 20.8. The lowest BCUT2D eigenvalue weighted by atomic mass is 9.74. The molecular weight excluding hydrogens is 376 g/mol. The van der Waals surface area contributed by atoms with Crippen LogP contribution in [0.25, 0.3) is 0 Å². The van der Waals surface area contributed by atoms with Crippen molar-refractivity contribution < 1.29 is 9.53 Å². The van der Waals surface area contributed by atoms with Gasteiger partial charge in [-0.2, -0.15) is 0 Å². The lowest BCUT2D eigenvalue weighted by Crippen LogP contribution is -2.40. The van der Waals surface area contributed by atoms with Crippen molar-refractivity contribution in [1.82, 2.24) is 25.3 Å². The Morgan fingerprint density at radius 3 is 2.76 bits per heavy atom. The van der Waals surface area contributed by atoms with Gasteiger partial charge in [0, 0.05) is 30.9 Å². The number of fused-ring (bicyclic) bond motifs is 1. The SMILES string of the molecule is CC1(C)Cc2nc(N3CCOCC3)ncc2C(NC(=O)c2cc(=O)[nH]c(=O)[nH]2)C1. The number of rotatable bonds is 3. The van der Waals surface area contributed by atoms with Gasteiger partial charge in [-0.25, -0.2) is 14.8 Å².